The molecule has 3 aromatic carbocycles. The zero-order chi connectivity index (χ0) is 26.6. The van der Waals surface area contributed by atoms with E-state index in [0.29, 0.717) is 17.2 Å². The smallest absolute Gasteiger partial charge is 0.306 e. The number of benzene rings is 3. The molecule has 3 aromatic rings. The number of anilines is 2. The van der Waals surface area contributed by atoms with Gasteiger partial charge in [-0.05, 0) is 72.5 Å². The first-order valence-electron chi connectivity index (χ1n) is 12.2. The van der Waals surface area contributed by atoms with Crippen LogP contribution in [0.1, 0.15) is 37.8 Å². The van der Waals surface area contributed by atoms with Crippen molar-refractivity contribution in [3.05, 3.63) is 77.9 Å². The van der Waals surface area contributed by atoms with Crippen molar-refractivity contribution >= 4 is 29.2 Å². The molecule has 2 amide bonds. The lowest BCUT2D eigenvalue weighted by atomic mass is 10.0. The third-order valence-corrected chi connectivity index (χ3v) is 5.62. The number of carbonyl (C=O) groups excluding carboxylic acids is 3. The zero-order valence-corrected chi connectivity index (χ0v) is 21.3. The van der Waals surface area contributed by atoms with E-state index in [1.165, 1.54) is 0 Å². The predicted octanol–water partition coefficient (Wildman–Crippen LogP) is 5.51. The van der Waals surface area contributed by atoms with E-state index in [1.807, 2.05) is 32.0 Å². The molecule has 0 aliphatic carbocycles. The average molecular weight is 505 g/mol. The van der Waals surface area contributed by atoms with E-state index >= 15 is 0 Å². The van der Waals surface area contributed by atoms with Gasteiger partial charge in [0.05, 0.1) is 13.5 Å². The van der Waals surface area contributed by atoms with Gasteiger partial charge in [0.15, 0.2) is 6.61 Å². The summed E-state index contributed by atoms with van der Waals surface area (Å²) in [6.45, 7) is 3.62. The Kier molecular flexibility index (Phi) is 10.1. The van der Waals surface area contributed by atoms with Crippen molar-refractivity contribution in [1.29, 1.82) is 0 Å². The Morgan fingerprint density at radius 2 is 1.27 bits per heavy atom. The summed E-state index contributed by atoms with van der Waals surface area (Å²) in [6, 6.07) is 19.9. The van der Waals surface area contributed by atoms with Gasteiger partial charge in [-0.25, -0.2) is 0 Å². The monoisotopic (exact) mass is 504 g/mol. The second-order valence-corrected chi connectivity index (χ2v) is 8.22. The highest BCUT2D eigenvalue weighted by molar-refractivity contribution is 5.95. The van der Waals surface area contributed by atoms with Crippen molar-refractivity contribution in [1.82, 2.24) is 0 Å². The van der Waals surface area contributed by atoms with Crippen molar-refractivity contribution in [2.75, 3.05) is 24.4 Å². The Labute approximate surface area is 216 Å². The highest BCUT2D eigenvalue weighted by Crippen LogP contribution is 2.25. The summed E-state index contributed by atoms with van der Waals surface area (Å²) in [5, 5.41) is 5.58. The van der Waals surface area contributed by atoms with Gasteiger partial charge in [0, 0.05) is 17.8 Å². The summed E-state index contributed by atoms with van der Waals surface area (Å²) in [6.07, 6.45) is 1.35. The fourth-order valence-electron chi connectivity index (χ4n) is 3.62. The highest BCUT2D eigenvalue weighted by Gasteiger charge is 2.14. The molecule has 0 aromatic heterocycles. The standard InChI is InChI=1S/C29H32N2O6/c1-4-20-7-6-8-21(5-2)29(20)31-27(33)19-36-28(34)18-17-26(32)30-22-9-11-24(12-10-22)37-25-15-13-23(35-3)14-16-25/h6-16H,4-5,17-19H2,1-3H3,(H,30,32)(H,31,33). The van der Waals surface area contributed by atoms with E-state index in [2.05, 4.69) is 10.6 Å². The van der Waals surface area contributed by atoms with Crippen molar-refractivity contribution in [3.63, 3.8) is 0 Å². The molecular formula is C29H32N2O6. The van der Waals surface area contributed by atoms with Gasteiger partial charge < -0.3 is 24.8 Å². The van der Waals surface area contributed by atoms with E-state index in [9.17, 15) is 14.4 Å². The van der Waals surface area contributed by atoms with Crippen LogP contribution < -0.4 is 20.1 Å². The van der Waals surface area contributed by atoms with Crippen LogP contribution in [0.3, 0.4) is 0 Å². The van der Waals surface area contributed by atoms with Crippen LogP contribution >= 0.6 is 0 Å². The first kappa shape index (κ1) is 27.3. The molecule has 0 fully saturated rings. The van der Waals surface area contributed by atoms with Gasteiger partial charge in [-0.3, -0.25) is 14.4 Å². The van der Waals surface area contributed by atoms with Crippen LogP contribution in [0.5, 0.6) is 17.2 Å². The second kappa shape index (κ2) is 13.7. The molecule has 0 unspecified atom stereocenters. The van der Waals surface area contributed by atoms with E-state index in [4.69, 9.17) is 14.2 Å². The molecule has 3 rings (SSSR count). The normalized spacial score (nSPS) is 10.4. The van der Waals surface area contributed by atoms with Crippen molar-refractivity contribution in [2.24, 2.45) is 0 Å². The highest BCUT2D eigenvalue weighted by atomic mass is 16.5. The van der Waals surface area contributed by atoms with Gasteiger partial charge in [-0.2, -0.15) is 0 Å². The quantitative estimate of drug-likeness (QED) is 0.315. The number of hydrogen-bond donors (Lipinski definition) is 2. The van der Waals surface area contributed by atoms with Crippen molar-refractivity contribution < 1.29 is 28.6 Å². The molecule has 0 heterocycles. The molecule has 0 aliphatic rings. The maximum absolute atomic E-state index is 12.3. The molecule has 8 nitrogen and oxygen atoms in total. The Morgan fingerprint density at radius 3 is 1.84 bits per heavy atom. The van der Waals surface area contributed by atoms with E-state index in [1.54, 1.807) is 55.6 Å². The first-order chi connectivity index (χ1) is 17.9. The van der Waals surface area contributed by atoms with Crippen LogP contribution in [-0.2, 0) is 32.0 Å². The summed E-state index contributed by atoms with van der Waals surface area (Å²) < 4.78 is 15.9. The molecule has 194 valence electrons. The fourth-order valence-corrected chi connectivity index (χ4v) is 3.62. The van der Waals surface area contributed by atoms with E-state index in [-0.39, 0.29) is 18.7 Å². The number of aryl methyl sites for hydroxylation is 2. The molecule has 0 saturated heterocycles. The third-order valence-electron chi connectivity index (χ3n) is 5.62. The summed E-state index contributed by atoms with van der Waals surface area (Å²) >= 11 is 0. The molecule has 37 heavy (non-hydrogen) atoms. The van der Waals surface area contributed by atoms with Crippen LogP contribution in [0.15, 0.2) is 66.7 Å². The predicted molar refractivity (Wildman–Crippen MR) is 142 cm³/mol. The lowest BCUT2D eigenvalue weighted by molar-refractivity contribution is -0.147. The van der Waals surface area contributed by atoms with Gasteiger partial charge >= 0.3 is 5.97 Å². The van der Waals surface area contributed by atoms with Crippen molar-refractivity contribution in [2.45, 2.75) is 39.5 Å². The number of para-hydroxylation sites is 1. The number of nitrogens with one attached hydrogen (secondary N) is 2. The molecule has 0 radical (unpaired) electrons. The summed E-state index contributed by atoms with van der Waals surface area (Å²) in [4.78, 5) is 36.6. The number of hydrogen-bond acceptors (Lipinski definition) is 6. The topological polar surface area (TPSA) is 103 Å². The largest absolute Gasteiger partial charge is 0.497 e. The minimum Gasteiger partial charge on any atom is -0.497 e. The van der Waals surface area contributed by atoms with Crippen molar-refractivity contribution in [3.8, 4) is 17.2 Å². The number of amides is 2. The molecule has 8 heteroatoms. The Bertz CT molecular complexity index is 1180. The summed E-state index contributed by atoms with van der Waals surface area (Å²) in [5.74, 6) is 0.636. The van der Waals surface area contributed by atoms with Crippen LogP contribution in [0.25, 0.3) is 0 Å². The second-order valence-electron chi connectivity index (χ2n) is 8.22. The Hall–Kier alpha value is -4.33. The summed E-state index contributed by atoms with van der Waals surface area (Å²) in [7, 11) is 1.60. The van der Waals surface area contributed by atoms with Crippen LogP contribution in [0.4, 0.5) is 11.4 Å². The van der Waals surface area contributed by atoms with Gasteiger partial charge in [-0.1, -0.05) is 32.0 Å². The average Bonchev–Trinajstić information content (AvgIpc) is 2.92. The van der Waals surface area contributed by atoms with E-state index < -0.39 is 18.5 Å². The van der Waals surface area contributed by atoms with Gasteiger partial charge in [0.2, 0.25) is 5.91 Å². The number of carbonyl (C=O) groups is 3. The van der Waals surface area contributed by atoms with Crippen LogP contribution in [-0.4, -0.2) is 31.5 Å². The third kappa shape index (κ3) is 8.38. The van der Waals surface area contributed by atoms with Gasteiger partial charge in [0.1, 0.15) is 17.2 Å². The zero-order valence-electron chi connectivity index (χ0n) is 21.3. The SMILES string of the molecule is CCc1cccc(CC)c1NC(=O)COC(=O)CCC(=O)Nc1ccc(Oc2ccc(OC)cc2)cc1. The van der Waals surface area contributed by atoms with Crippen LogP contribution in [0.2, 0.25) is 0 Å². The maximum Gasteiger partial charge on any atom is 0.306 e. The number of methoxy groups -OCH3 is 1. The molecule has 2 N–H and O–H groups in total. The number of ether oxygens (including phenoxy) is 3. The fraction of sp³-hybridized carbons (Fsp3) is 0.276. The first-order valence-corrected chi connectivity index (χ1v) is 12.2. The lowest BCUT2D eigenvalue weighted by Gasteiger charge is -2.14. The van der Waals surface area contributed by atoms with E-state index in [0.717, 1.165) is 35.4 Å². The summed E-state index contributed by atoms with van der Waals surface area (Å²) in [5.41, 5.74) is 3.39. The minimum atomic E-state index is -0.618. The molecule has 0 atom stereocenters. The Balaban J connectivity index is 1.40. The maximum atomic E-state index is 12.3. The molecule has 0 bridgehead atoms. The molecule has 0 saturated carbocycles. The van der Waals surface area contributed by atoms with Crippen LogP contribution in [0, 0.1) is 0 Å². The number of esters is 1. The minimum absolute atomic E-state index is 0.0663. The molecule has 0 spiro atoms. The van der Waals surface area contributed by atoms with Gasteiger partial charge in [-0.15, -0.1) is 0 Å². The lowest BCUT2D eigenvalue weighted by Crippen LogP contribution is -2.23. The number of rotatable bonds is 12. The molecular weight excluding hydrogens is 472 g/mol. The Morgan fingerprint density at radius 1 is 0.703 bits per heavy atom. The van der Waals surface area contributed by atoms with Gasteiger partial charge in [0.25, 0.3) is 5.91 Å². The molecule has 0 aliphatic heterocycles.